The van der Waals surface area contributed by atoms with Crippen LogP contribution in [-0.2, 0) is 0 Å². The predicted octanol–water partition coefficient (Wildman–Crippen LogP) is 2.87. The van der Waals surface area contributed by atoms with Crippen molar-refractivity contribution in [2.75, 3.05) is 19.6 Å². The van der Waals surface area contributed by atoms with Crippen molar-refractivity contribution in [3.63, 3.8) is 0 Å². The maximum Gasteiger partial charge on any atom is 0.255 e. The quantitative estimate of drug-likeness (QED) is 0.714. The number of hydrogen-bond donors (Lipinski definition) is 1. The molecule has 0 saturated carbocycles. The van der Waals surface area contributed by atoms with Crippen LogP contribution in [0.4, 0.5) is 0 Å². The van der Waals surface area contributed by atoms with E-state index in [0.717, 1.165) is 38.8 Å². The number of carbonyl (C=O) groups is 2. The van der Waals surface area contributed by atoms with Crippen LogP contribution in [-0.4, -0.2) is 41.3 Å². The van der Waals surface area contributed by atoms with Gasteiger partial charge in [-0.25, -0.2) is 0 Å². The van der Waals surface area contributed by atoms with Gasteiger partial charge in [0.1, 0.15) is 0 Å². The average Bonchev–Trinajstić information content (AvgIpc) is 2.54. The third kappa shape index (κ3) is 5.47. The molecular weight excluding hydrogens is 278 g/mol. The van der Waals surface area contributed by atoms with E-state index in [1.165, 1.54) is 12.4 Å². The zero-order valence-corrected chi connectivity index (χ0v) is 13.9. The molecule has 0 aliphatic carbocycles. The monoisotopic (exact) mass is 305 g/mol. The van der Waals surface area contributed by atoms with Gasteiger partial charge in [-0.1, -0.05) is 27.2 Å². The van der Waals surface area contributed by atoms with Crippen LogP contribution in [0.3, 0.4) is 0 Å². The standard InChI is InChI=1S/C17H27N3O2/c1-4-7-8-19-16(21)14-11-15(13-18-12-14)17(22)20(9-5-2)10-6-3/h11-13H,4-10H2,1-3H3,(H,19,21). The lowest BCUT2D eigenvalue weighted by molar-refractivity contribution is 0.0755. The zero-order chi connectivity index (χ0) is 16.4. The van der Waals surface area contributed by atoms with Crippen LogP contribution >= 0.6 is 0 Å². The fourth-order valence-electron chi connectivity index (χ4n) is 2.20. The van der Waals surface area contributed by atoms with Crippen molar-refractivity contribution < 1.29 is 9.59 Å². The lowest BCUT2D eigenvalue weighted by atomic mass is 10.1. The number of carbonyl (C=O) groups excluding carboxylic acids is 2. The van der Waals surface area contributed by atoms with Gasteiger partial charge in [0.05, 0.1) is 11.1 Å². The molecule has 0 saturated heterocycles. The Kier molecular flexibility index (Phi) is 8.18. The second-order valence-electron chi connectivity index (χ2n) is 5.36. The van der Waals surface area contributed by atoms with Gasteiger partial charge in [-0.2, -0.15) is 0 Å². The van der Waals surface area contributed by atoms with Crippen molar-refractivity contribution in [2.24, 2.45) is 0 Å². The maximum absolute atomic E-state index is 12.5. The molecule has 122 valence electrons. The molecule has 2 amide bonds. The number of aromatic nitrogens is 1. The smallest absolute Gasteiger partial charge is 0.255 e. The summed E-state index contributed by atoms with van der Waals surface area (Å²) in [6.07, 6.45) is 6.83. The predicted molar refractivity (Wildman–Crippen MR) is 88.0 cm³/mol. The van der Waals surface area contributed by atoms with Gasteiger partial charge in [0.15, 0.2) is 0 Å². The molecule has 1 aromatic heterocycles. The topological polar surface area (TPSA) is 62.3 Å². The molecule has 0 spiro atoms. The van der Waals surface area contributed by atoms with Gasteiger partial charge >= 0.3 is 0 Å². The third-order valence-electron chi connectivity index (χ3n) is 3.34. The fraction of sp³-hybridized carbons (Fsp3) is 0.588. The first-order valence-corrected chi connectivity index (χ1v) is 8.16. The molecule has 0 atom stereocenters. The van der Waals surface area contributed by atoms with E-state index in [1.807, 2.05) is 18.7 Å². The molecule has 0 aliphatic heterocycles. The molecule has 1 aromatic rings. The van der Waals surface area contributed by atoms with Crippen LogP contribution in [0.5, 0.6) is 0 Å². The zero-order valence-electron chi connectivity index (χ0n) is 13.9. The molecule has 5 heteroatoms. The maximum atomic E-state index is 12.5. The highest BCUT2D eigenvalue weighted by Gasteiger charge is 2.16. The summed E-state index contributed by atoms with van der Waals surface area (Å²) >= 11 is 0. The molecule has 1 rings (SSSR count). The molecular formula is C17H27N3O2. The highest BCUT2D eigenvalue weighted by atomic mass is 16.2. The minimum Gasteiger partial charge on any atom is -0.352 e. The summed E-state index contributed by atoms with van der Waals surface area (Å²) in [5.74, 6) is -0.229. The van der Waals surface area contributed by atoms with Crippen LogP contribution in [0.1, 0.15) is 67.2 Å². The van der Waals surface area contributed by atoms with E-state index in [2.05, 4.69) is 17.2 Å². The normalized spacial score (nSPS) is 10.3. The van der Waals surface area contributed by atoms with Crippen molar-refractivity contribution in [3.8, 4) is 0 Å². The van der Waals surface area contributed by atoms with Gasteiger partial charge in [0.2, 0.25) is 0 Å². The fourth-order valence-corrected chi connectivity index (χ4v) is 2.20. The lowest BCUT2D eigenvalue weighted by Gasteiger charge is -2.21. The van der Waals surface area contributed by atoms with Crippen LogP contribution in [0.25, 0.3) is 0 Å². The molecule has 5 nitrogen and oxygen atoms in total. The van der Waals surface area contributed by atoms with E-state index in [4.69, 9.17) is 0 Å². The largest absolute Gasteiger partial charge is 0.352 e. The van der Waals surface area contributed by atoms with Gasteiger partial charge in [-0.3, -0.25) is 14.6 Å². The van der Waals surface area contributed by atoms with E-state index < -0.39 is 0 Å². The molecule has 0 aromatic carbocycles. The summed E-state index contributed by atoms with van der Waals surface area (Å²) in [5, 5.41) is 2.84. The number of rotatable bonds is 9. The summed E-state index contributed by atoms with van der Waals surface area (Å²) in [4.78, 5) is 30.4. The molecule has 0 bridgehead atoms. The molecule has 1 N–H and O–H groups in total. The SMILES string of the molecule is CCCCNC(=O)c1cncc(C(=O)N(CCC)CCC)c1. The molecule has 22 heavy (non-hydrogen) atoms. The molecule has 0 radical (unpaired) electrons. The lowest BCUT2D eigenvalue weighted by Crippen LogP contribution is -2.33. The highest BCUT2D eigenvalue weighted by molar-refractivity contribution is 5.99. The van der Waals surface area contributed by atoms with Crippen LogP contribution in [0.2, 0.25) is 0 Å². The van der Waals surface area contributed by atoms with Crippen molar-refractivity contribution in [2.45, 2.75) is 46.5 Å². The summed E-state index contributed by atoms with van der Waals surface area (Å²) in [5.41, 5.74) is 0.917. The third-order valence-corrected chi connectivity index (χ3v) is 3.34. The summed E-state index contributed by atoms with van der Waals surface area (Å²) in [6.45, 7) is 8.26. The van der Waals surface area contributed by atoms with Crippen molar-refractivity contribution in [1.82, 2.24) is 15.2 Å². The Bertz CT molecular complexity index is 483. The van der Waals surface area contributed by atoms with Crippen molar-refractivity contribution in [1.29, 1.82) is 0 Å². The van der Waals surface area contributed by atoms with Gasteiger partial charge in [0, 0.05) is 32.0 Å². The molecule has 0 unspecified atom stereocenters. The number of nitrogens with zero attached hydrogens (tertiary/aromatic N) is 2. The Morgan fingerprint density at radius 2 is 1.68 bits per heavy atom. The van der Waals surface area contributed by atoms with Gasteiger partial charge in [-0.05, 0) is 25.3 Å². The van der Waals surface area contributed by atoms with E-state index in [-0.39, 0.29) is 11.8 Å². The van der Waals surface area contributed by atoms with Crippen molar-refractivity contribution >= 4 is 11.8 Å². The average molecular weight is 305 g/mol. The van der Waals surface area contributed by atoms with Gasteiger partial charge in [0.25, 0.3) is 11.8 Å². The van der Waals surface area contributed by atoms with Gasteiger partial charge in [-0.15, -0.1) is 0 Å². The minimum absolute atomic E-state index is 0.0561. The number of pyridine rings is 1. The number of nitrogens with one attached hydrogen (secondary N) is 1. The first-order valence-electron chi connectivity index (χ1n) is 8.16. The molecule has 0 fully saturated rings. The second kappa shape index (κ2) is 9.92. The van der Waals surface area contributed by atoms with Gasteiger partial charge < -0.3 is 10.2 Å². The highest BCUT2D eigenvalue weighted by Crippen LogP contribution is 2.08. The summed E-state index contributed by atoms with van der Waals surface area (Å²) in [7, 11) is 0. The summed E-state index contributed by atoms with van der Waals surface area (Å²) in [6, 6.07) is 1.63. The van der Waals surface area contributed by atoms with Crippen LogP contribution in [0.15, 0.2) is 18.5 Å². The summed E-state index contributed by atoms with van der Waals surface area (Å²) < 4.78 is 0. The Labute approximate surface area is 133 Å². The van der Waals surface area contributed by atoms with Crippen LogP contribution < -0.4 is 5.32 Å². The van der Waals surface area contributed by atoms with Crippen molar-refractivity contribution in [3.05, 3.63) is 29.6 Å². The first-order chi connectivity index (χ1) is 10.6. The number of hydrogen-bond acceptors (Lipinski definition) is 3. The second-order valence-corrected chi connectivity index (χ2v) is 5.36. The Morgan fingerprint density at radius 3 is 2.27 bits per heavy atom. The molecule has 1 heterocycles. The van der Waals surface area contributed by atoms with E-state index in [1.54, 1.807) is 6.07 Å². The Balaban J connectivity index is 2.81. The Morgan fingerprint density at radius 1 is 1.05 bits per heavy atom. The first kappa shape index (κ1) is 18.1. The molecule has 0 aliphatic rings. The Hall–Kier alpha value is -1.91. The van der Waals surface area contributed by atoms with Crippen LogP contribution in [0, 0.1) is 0 Å². The number of unbranched alkanes of at least 4 members (excludes halogenated alkanes) is 1. The minimum atomic E-state index is -0.173. The number of amides is 2. The van der Waals surface area contributed by atoms with E-state index in [9.17, 15) is 9.59 Å². The van der Waals surface area contributed by atoms with E-state index in [0.29, 0.717) is 17.7 Å². The van der Waals surface area contributed by atoms with E-state index >= 15 is 0 Å².